The van der Waals surface area contributed by atoms with Crippen molar-refractivity contribution in [2.45, 2.75) is 11.0 Å². The van der Waals surface area contributed by atoms with E-state index in [1.165, 1.54) is 12.3 Å². The minimum absolute atomic E-state index is 0.270. The first-order valence-corrected chi connectivity index (χ1v) is 5.69. The van der Waals surface area contributed by atoms with Crippen molar-refractivity contribution in [1.29, 1.82) is 0 Å². The van der Waals surface area contributed by atoms with Gasteiger partial charge in [-0.15, -0.1) is 0 Å². The average molecular weight is 324 g/mol. The second-order valence-electron chi connectivity index (χ2n) is 3.24. The van der Waals surface area contributed by atoms with Gasteiger partial charge in [0.05, 0.1) is 18.4 Å². The van der Waals surface area contributed by atoms with E-state index >= 15 is 0 Å². The number of halogens is 4. The number of hydrogen-bond donors (Lipinski definition) is 0. The maximum absolute atomic E-state index is 12.6. The Hall–Kier alpha value is -1.37. The molecule has 0 bridgehead atoms. The molecular weight excluding hydrogens is 315 g/mol. The summed E-state index contributed by atoms with van der Waals surface area (Å²) in [6.07, 6.45) is -2.60. The molecule has 1 aromatic rings. The Morgan fingerprint density at radius 3 is 2.61 bits per heavy atom. The fourth-order valence-electron chi connectivity index (χ4n) is 1.19. The number of hydrogen-bond acceptors (Lipinski definition) is 3. The van der Waals surface area contributed by atoms with Gasteiger partial charge >= 0.3 is 6.18 Å². The number of ether oxygens (including phenoxy) is 1. The van der Waals surface area contributed by atoms with Crippen LogP contribution >= 0.6 is 15.9 Å². The molecule has 0 N–H and O–H groups in total. The molecule has 0 aliphatic rings. The molecule has 0 spiro atoms. The van der Waals surface area contributed by atoms with Gasteiger partial charge in [-0.25, -0.2) is 0 Å². The number of rotatable bonds is 4. The van der Waals surface area contributed by atoms with Crippen molar-refractivity contribution in [1.82, 2.24) is 0 Å². The summed E-state index contributed by atoms with van der Waals surface area (Å²) in [7, 11) is 1.15. The molecule has 98 valence electrons. The third-order valence-corrected chi connectivity index (χ3v) is 2.44. The van der Waals surface area contributed by atoms with Gasteiger partial charge in [0, 0.05) is 12.3 Å². The van der Waals surface area contributed by atoms with Crippen LogP contribution in [0, 0.1) is 0 Å². The monoisotopic (exact) mass is 323 g/mol. The summed E-state index contributed by atoms with van der Waals surface area (Å²) in [5, 5.41) is 0. The lowest BCUT2D eigenvalue weighted by atomic mass is 10.1. The zero-order valence-electron chi connectivity index (χ0n) is 9.24. The molecule has 7 heteroatoms. The first kappa shape index (κ1) is 14.7. The maximum atomic E-state index is 12.6. The highest BCUT2D eigenvalue weighted by Crippen LogP contribution is 2.37. The summed E-state index contributed by atoms with van der Waals surface area (Å²) in [5.41, 5.74) is -0.596. The highest BCUT2D eigenvalue weighted by atomic mass is 79.9. The second kappa shape index (κ2) is 5.99. The van der Waals surface area contributed by atoms with Gasteiger partial charge in [0.1, 0.15) is 16.9 Å². The molecule has 3 nitrogen and oxygen atoms in total. The first-order chi connectivity index (χ1) is 8.38. The predicted molar refractivity (Wildman–Crippen MR) is 64.9 cm³/mol. The third kappa shape index (κ3) is 3.83. The predicted octanol–water partition coefficient (Wildman–Crippen LogP) is 3.38. The van der Waals surface area contributed by atoms with Gasteiger partial charge in [0.25, 0.3) is 0 Å². The molecule has 0 fully saturated rings. The van der Waals surface area contributed by atoms with E-state index in [1.54, 1.807) is 0 Å². The third-order valence-electron chi connectivity index (χ3n) is 1.99. The van der Waals surface area contributed by atoms with Crippen molar-refractivity contribution in [3.05, 3.63) is 23.8 Å². The van der Waals surface area contributed by atoms with E-state index in [1.807, 2.05) is 0 Å². The SMILES string of the molecule is COc1cc(N=CC(Br)C=O)ccc1C(F)(F)F. The Bertz CT molecular complexity index is 460. The molecule has 0 heterocycles. The lowest BCUT2D eigenvalue weighted by molar-refractivity contribution is -0.138. The number of methoxy groups -OCH3 is 1. The Balaban J connectivity index is 3.06. The fourth-order valence-corrected chi connectivity index (χ4v) is 1.31. The summed E-state index contributed by atoms with van der Waals surface area (Å²) >= 11 is 2.99. The van der Waals surface area contributed by atoms with E-state index < -0.39 is 16.6 Å². The van der Waals surface area contributed by atoms with Crippen LogP contribution in [0.3, 0.4) is 0 Å². The van der Waals surface area contributed by atoms with Gasteiger partial charge in [-0.3, -0.25) is 4.99 Å². The van der Waals surface area contributed by atoms with E-state index in [2.05, 4.69) is 25.7 Å². The van der Waals surface area contributed by atoms with Crippen molar-refractivity contribution in [3.8, 4) is 5.75 Å². The zero-order valence-corrected chi connectivity index (χ0v) is 10.8. The molecule has 0 aliphatic carbocycles. The molecule has 1 rings (SSSR count). The van der Waals surface area contributed by atoms with Crippen LogP contribution in [0.4, 0.5) is 18.9 Å². The van der Waals surface area contributed by atoms with Gasteiger partial charge in [-0.05, 0) is 12.1 Å². The van der Waals surface area contributed by atoms with Crippen LogP contribution in [-0.4, -0.2) is 24.4 Å². The quantitative estimate of drug-likeness (QED) is 0.484. The van der Waals surface area contributed by atoms with Gasteiger partial charge in [0.2, 0.25) is 0 Å². The zero-order chi connectivity index (χ0) is 13.8. The largest absolute Gasteiger partial charge is 0.496 e. The normalized spacial score (nSPS) is 13.6. The highest BCUT2D eigenvalue weighted by molar-refractivity contribution is 9.10. The van der Waals surface area contributed by atoms with Gasteiger partial charge in [-0.1, -0.05) is 15.9 Å². The molecule has 0 saturated heterocycles. The summed E-state index contributed by atoms with van der Waals surface area (Å²) in [5.74, 6) is -0.311. The molecule has 0 amide bonds. The maximum Gasteiger partial charge on any atom is 0.419 e. The Morgan fingerprint density at radius 2 is 2.11 bits per heavy atom. The molecule has 18 heavy (non-hydrogen) atoms. The number of benzene rings is 1. The highest BCUT2D eigenvalue weighted by Gasteiger charge is 2.34. The smallest absolute Gasteiger partial charge is 0.419 e. The average Bonchev–Trinajstić information content (AvgIpc) is 2.34. The van der Waals surface area contributed by atoms with Gasteiger partial charge in [0.15, 0.2) is 0 Å². The standard InChI is InChI=1S/C11H9BrF3NO2/c1-18-10-4-8(16-5-7(12)6-17)2-3-9(10)11(13,14)15/h2-7H,1H3. The van der Waals surface area contributed by atoms with E-state index in [4.69, 9.17) is 0 Å². The minimum atomic E-state index is -4.48. The van der Waals surface area contributed by atoms with Crippen molar-refractivity contribution < 1.29 is 22.7 Å². The molecule has 0 aromatic heterocycles. The Morgan fingerprint density at radius 1 is 1.44 bits per heavy atom. The molecule has 0 saturated carbocycles. The van der Waals surface area contributed by atoms with Crippen molar-refractivity contribution in [3.63, 3.8) is 0 Å². The van der Waals surface area contributed by atoms with Gasteiger partial charge in [-0.2, -0.15) is 13.2 Å². The van der Waals surface area contributed by atoms with Crippen LogP contribution in [0.5, 0.6) is 5.75 Å². The molecule has 1 unspecified atom stereocenters. The number of aldehydes is 1. The van der Waals surface area contributed by atoms with Crippen molar-refractivity contribution >= 4 is 34.1 Å². The van der Waals surface area contributed by atoms with Crippen molar-refractivity contribution in [2.75, 3.05) is 7.11 Å². The van der Waals surface area contributed by atoms with E-state index in [-0.39, 0.29) is 11.4 Å². The topological polar surface area (TPSA) is 38.7 Å². The van der Waals surface area contributed by atoms with Gasteiger partial charge < -0.3 is 9.53 Å². The van der Waals surface area contributed by atoms with Crippen LogP contribution in [0.2, 0.25) is 0 Å². The van der Waals surface area contributed by atoms with Crippen molar-refractivity contribution in [2.24, 2.45) is 4.99 Å². The fraction of sp³-hybridized carbons (Fsp3) is 0.273. The molecule has 0 aliphatic heterocycles. The van der Waals surface area contributed by atoms with Crippen LogP contribution in [0.15, 0.2) is 23.2 Å². The summed E-state index contributed by atoms with van der Waals surface area (Å²) in [6, 6.07) is 3.24. The summed E-state index contributed by atoms with van der Waals surface area (Å²) in [4.78, 5) is 13.6. The minimum Gasteiger partial charge on any atom is -0.496 e. The molecule has 1 atom stereocenters. The number of carbonyl (C=O) groups is 1. The number of aliphatic imine (C=N–C) groups is 1. The van der Waals surface area contributed by atoms with Crippen LogP contribution in [-0.2, 0) is 11.0 Å². The molecule has 1 aromatic carbocycles. The molecule has 0 radical (unpaired) electrons. The first-order valence-electron chi connectivity index (χ1n) is 4.77. The number of alkyl halides is 4. The van der Waals surface area contributed by atoms with Crippen LogP contribution in [0.25, 0.3) is 0 Å². The van der Waals surface area contributed by atoms with Crippen LogP contribution < -0.4 is 4.74 Å². The van der Waals surface area contributed by atoms with E-state index in [0.29, 0.717) is 6.29 Å². The Kier molecular flexibility index (Phi) is 4.89. The number of carbonyl (C=O) groups excluding carboxylic acids is 1. The number of nitrogens with zero attached hydrogens (tertiary/aromatic N) is 1. The summed E-state index contributed by atoms with van der Waals surface area (Å²) < 4.78 is 42.4. The van der Waals surface area contributed by atoms with Crippen LogP contribution in [0.1, 0.15) is 5.56 Å². The summed E-state index contributed by atoms with van der Waals surface area (Å²) in [6.45, 7) is 0. The van der Waals surface area contributed by atoms with E-state index in [0.717, 1.165) is 19.2 Å². The lowest BCUT2D eigenvalue weighted by Gasteiger charge is -2.11. The second-order valence-corrected chi connectivity index (χ2v) is 4.30. The lowest BCUT2D eigenvalue weighted by Crippen LogP contribution is -2.07. The molecular formula is C11H9BrF3NO2. The Labute approximate surface area is 110 Å². The van der Waals surface area contributed by atoms with E-state index in [9.17, 15) is 18.0 Å².